The Hall–Kier alpha value is -2.69. The summed E-state index contributed by atoms with van der Waals surface area (Å²) in [6, 6.07) is 12.2. The number of nitrogens with one attached hydrogen (secondary N) is 1. The SMILES string of the molecule is CNC(=O)CCc1ccc(CC2CCN(C(=O)c3ccncc3)CC2)cc1. The van der Waals surface area contributed by atoms with E-state index in [-0.39, 0.29) is 11.8 Å². The first-order valence-electron chi connectivity index (χ1n) is 9.63. The highest BCUT2D eigenvalue weighted by molar-refractivity contribution is 5.94. The lowest BCUT2D eigenvalue weighted by atomic mass is 9.89. The summed E-state index contributed by atoms with van der Waals surface area (Å²) in [7, 11) is 1.67. The number of aryl methyl sites for hydroxylation is 1. The molecule has 2 heterocycles. The number of aromatic nitrogens is 1. The summed E-state index contributed by atoms with van der Waals surface area (Å²) in [4.78, 5) is 29.8. The average molecular weight is 365 g/mol. The predicted octanol–water partition coefficient (Wildman–Crippen LogP) is 2.86. The van der Waals surface area contributed by atoms with Gasteiger partial charge in [0.1, 0.15) is 0 Å². The summed E-state index contributed by atoms with van der Waals surface area (Å²) >= 11 is 0. The molecular weight excluding hydrogens is 338 g/mol. The van der Waals surface area contributed by atoms with Gasteiger partial charge in [-0.3, -0.25) is 14.6 Å². The van der Waals surface area contributed by atoms with Gasteiger partial charge in [-0.05, 0) is 54.9 Å². The van der Waals surface area contributed by atoms with E-state index in [9.17, 15) is 9.59 Å². The number of hydrogen-bond acceptors (Lipinski definition) is 3. The van der Waals surface area contributed by atoms with Crippen LogP contribution in [0.5, 0.6) is 0 Å². The lowest BCUT2D eigenvalue weighted by Crippen LogP contribution is -2.38. The molecule has 1 fully saturated rings. The maximum absolute atomic E-state index is 12.5. The molecule has 2 amide bonds. The standard InChI is InChI=1S/C22H27N3O2/c1-23-21(26)7-6-17-2-4-18(5-3-17)16-19-10-14-25(15-11-19)22(27)20-8-12-24-13-9-20/h2-5,8-9,12-13,19H,6-7,10-11,14-16H2,1H3,(H,23,26). The van der Waals surface area contributed by atoms with E-state index >= 15 is 0 Å². The number of carbonyl (C=O) groups is 2. The van der Waals surface area contributed by atoms with Crippen molar-refractivity contribution in [1.29, 1.82) is 0 Å². The van der Waals surface area contributed by atoms with Crippen molar-refractivity contribution >= 4 is 11.8 Å². The molecule has 5 heteroatoms. The van der Waals surface area contributed by atoms with Crippen LogP contribution in [0.25, 0.3) is 0 Å². The monoisotopic (exact) mass is 365 g/mol. The highest BCUT2D eigenvalue weighted by Crippen LogP contribution is 2.23. The van der Waals surface area contributed by atoms with E-state index in [0.29, 0.717) is 12.3 Å². The van der Waals surface area contributed by atoms with Crippen LogP contribution in [-0.2, 0) is 17.6 Å². The topological polar surface area (TPSA) is 62.3 Å². The summed E-state index contributed by atoms with van der Waals surface area (Å²) in [5.74, 6) is 0.798. The zero-order valence-corrected chi connectivity index (χ0v) is 15.9. The van der Waals surface area contributed by atoms with Gasteiger partial charge in [0.25, 0.3) is 5.91 Å². The van der Waals surface area contributed by atoms with E-state index in [4.69, 9.17) is 0 Å². The lowest BCUT2D eigenvalue weighted by Gasteiger charge is -2.32. The van der Waals surface area contributed by atoms with Gasteiger partial charge in [-0.2, -0.15) is 0 Å². The van der Waals surface area contributed by atoms with Crippen LogP contribution < -0.4 is 5.32 Å². The first-order chi connectivity index (χ1) is 13.2. The predicted molar refractivity (Wildman–Crippen MR) is 105 cm³/mol. The number of likely N-dealkylation sites (tertiary alicyclic amines) is 1. The third-order valence-corrected chi connectivity index (χ3v) is 5.30. The van der Waals surface area contributed by atoms with Gasteiger partial charge in [0, 0.05) is 44.5 Å². The minimum absolute atomic E-state index is 0.0761. The quantitative estimate of drug-likeness (QED) is 0.856. The fourth-order valence-corrected chi connectivity index (χ4v) is 3.58. The minimum Gasteiger partial charge on any atom is -0.359 e. The van der Waals surface area contributed by atoms with E-state index in [0.717, 1.165) is 44.3 Å². The van der Waals surface area contributed by atoms with E-state index in [2.05, 4.69) is 34.6 Å². The van der Waals surface area contributed by atoms with Crippen LogP contribution in [0.4, 0.5) is 0 Å². The van der Waals surface area contributed by atoms with Gasteiger partial charge < -0.3 is 10.2 Å². The number of rotatable bonds is 6. The van der Waals surface area contributed by atoms with Crippen LogP contribution in [0, 0.1) is 5.92 Å². The molecule has 1 saturated heterocycles. The molecule has 0 atom stereocenters. The zero-order chi connectivity index (χ0) is 19.1. The molecule has 1 aliphatic rings. The van der Waals surface area contributed by atoms with Crippen molar-refractivity contribution in [1.82, 2.24) is 15.2 Å². The summed E-state index contributed by atoms with van der Waals surface area (Å²) < 4.78 is 0. The first-order valence-corrected chi connectivity index (χ1v) is 9.63. The third kappa shape index (κ3) is 5.39. The van der Waals surface area contributed by atoms with Gasteiger partial charge in [-0.1, -0.05) is 24.3 Å². The molecule has 0 saturated carbocycles. The number of carbonyl (C=O) groups excluding carboxylic acids is 2. The molecule has 3 rings (SSSR count). The van der Waals surface area contributed by atoms with Crippen molar-refractivity contribution in [3.63, 3.8) is 0 Å². The van der Waals surface area contributed by atoms with Crippen LogP contribution in [0.1, 0.15) is 40.7 Å². The van der Waals surface area contributed by atoms with Crippen LogP contribution in [0.3, 0.4) is 0 Å². The molecule has 142 valence electrons. The minimum atomic E-state index is 0.0761. The lowest BCUT2D eigenvalue weighted by molar-refractivity contribution is -0.120. The van der Waals surface area contributed by atoms with Crippen molar-refractivity contribution < 1.29 is 9.59 Å². The third-order valence-electron chi connectivity index (χ3n) is 5.30. The summed E-state index contributed by atoms with van der Waals surface area (Å²) in [5.41, 5.74) is 3.24. The van der Waals surface area contributed by atoms with E-state index in [1.54, 1.807) is 31.6 Å². The van der Waals surface area contributed by atoms with Crippen molar-refractivity contribution in [2.45, 2.75) is 32.1 Å². The van der Waals surface area contributed by atoms with Gasteiger partial charge in [-0.15, -0.1) is 0 Å². The Labute approximate surface area is 160 Å². The fraction of sp³-hybridized carbons (Fsp3) is 0.409. The van der Waals surface area contributed by atoms with Gasteiger partial charge in [-0.25, -0.2) is 0 Å². The zero-order valence-electron chi connectivity index (χ0n) is 15.9. The molecule has 1 aromatic heterocycles. The Kier molecular flexibility index (Phi) is 6.58. The summed E-state index contributed by atoms with van der Waals surface area (Å²) in [6.45, 7) is 1.63. The molecule has 0 unspecified atom stereocenters. The van der Waals surface area contributed by atoms with Gasteiger partial charge in [0.05, 0.1) is 0 Å². The Bertz CT molecular complexity index is 751. The molecule has 0 aliphatic carbocycles. The number of benzene rings is 1. The second-order valence-corrected chi connectivity index (χ2v) is 7.17. The van der Waals surface area contributed by atoms with Crippen molar-refractivity contribution in [2.24, 2.45) is 5.92 Å². The van der Waals surface area contributed by atoms with Gasteiger partial charge >= 0.3 is 0 Å². The molecule has 1 aromatic carbocycles. The molecule has 27 heavy (non-hydrogen) atoms. The number of amides is 2. The normalized spacial score (nSPS) is 14.8. The van der Waals surface area contributed by atoms with Crippen molar-refractivity contribution in [3.8, 4) is 0 Å². The van der Waals surface area contributed by atoms with E-state index in [1.165, 1.54) is 11.1 Å². The van der Waals surface area contributed by atoms with Crippen LogP contribution in [0.2, 0.25) is 0 Å². The number of pyridine rings is 1. The van der Waals surface area contributed by atoms with E-state index in [1.807, 2.05) is 4.90 Å². The number of nitrogens with zero attached hydrogens (tertiary/aromatic N) is 2. The largest absolute Gasteiger partial charge is 0.359 e. The molecule has 1 N–H and O–H groups in total. The highest BCUT2D eigenvalue weighted by atomic mass is 16.2. The molecule has 5 nitrogen and oxygen atoms in total. The molecule has 2 aromatic rings. The number of piperidine rings is 1. The summed E-state index contributed by atoms with van der Waals surface area (Å²) in [6.07, 6.45) is 7.75. The smallest absolute Gasteiger partial charge is 0.253 e. The molecule has 0 bridgehead atoms. The van der Waals surface area contributed by atoms with Gasteiger partial charge in [0.2, 0.25) is 5.91 Å². The van der Waals surface area contributed by atoms with E-state index < -0.39 is 0 Å². The van der Waals surface area contributed by atoms with Crippen LogP contribution in [0.15, 0.2) is 48.8 Å². The Morgan fingerprint density at radius 2 is 1.67 bits per heavy atom. The second-order valence-electron chi connectivity index (χ2n) is 7.17. The Morgan fingerprint density at radius 3 is 2.30 bits per heavy atom. The maximum Gasteiger partial charge on any atom is 0.253 e. The number of hydrogen-bond donors (Lipinski definition) is 1. The average Bonchev–Trinajstić information content (AvgIpc) is 2.73. The van der Waals surface area contributed by atoms with Crippen LogP contribution in [-0.4, -0.2) is 41.8 Å². The molecule has 0 radical (unpaired) electrons. The van der Waals surface area contributed by atoms with Crippen LogP contribution >= 0.6 is 0 Å². The van der Waals surface area contributed by atoms with Crippen molar-refractivity contribution in [2.75, 3.05) is 20.1 Å². The van der Waals surface area contributed by atoms with Crippen molar-refractivity contribution in [3.05, 3.63) is 65.5 Å². The fourth-order valence-electron chi connectivity index (χ4n) is 3.58. The molecular formula is C22H27N3O2. The highest BCUT2D eigenvalue weighted by Gasteiger charge is 2.23. The summed E-state index contributed by atoms with van der Waals surface area (Å²) in [5, 5.41) is 2.65. The Morgan fingerprint density at radius 1 is 1.04 bits per heavy atom. The maximum atomic E-state index is 12.5. The first kappa shape index (κ1) is 19.1. The second kappa shape index (κ2) is 9.31. The Balaban J connectivity index is 1.46. The molecule has 0 spiro atoms. The van der Waals surface area contributed by atoms with Gasteiger partial charge in [0.15, 0.2) is 0 Å². The molecule has 1 aliphatic heterocycles.